The van der Waals surface area contributed by atoms with Crippen molar-refractivity contribution in [3.8, 4) is 0 Å². The molecule has 0 aliphatic carbocycles. The predicted molar refractivity (Wildman–Crippen MR) is 77.3 cm³/mol. The van der Waals surface area contributed by atoms with E-state index in [1.807, 2.05) is 0 Å². The lowest BCUT2D eigenvalue weighted by Crippen LogP contribution is -2.29. The maximum absolute atomic E-state index is 12.2. The first-order chi connectivity index (χ1) is 9.85. The van der Waals surface area contributed by atoms with Crippen LogP contribution in [0.2, 0.25) is 0 Å². The molecule has 1 aromatic carbocycles. The molecule has 1 N–H and O–H groups in total. The van der Waals surface area contributed by atoms with E-state index in [0.29, 0.717) is 0 Å². The van der Waals surface area contributed by atoms with E-state index in [9.17, 15) is 23.1 Å². The van der Waals surface area contributed by atoms with E-state index in [0.717, 1.165) is 4.68 Å². The molecular weight excluding hydrogens is 296 g/mol. The van der Waals surface area contributed by atoms with Gasteiger partial charge in [0.1, 0.15) is 0 Å². The number of carboxylic acid groups (broad SMARTS) is 1. The van der Waals surface area contributed by atoms with Crippen molar-refractivity contribution in [1.82, 2.24) is 9.78 Å². The zero-order chi connectivity index (χ0) is 15.6. The van der Waals surface area contributed by atoms with Crippen molar-refractivity contribution in [1.29, 1.82) is 0 Å². The van der Waals surface area contributed by atoms with Gasteiger partial charge in [-0.25, -0.2) is 17.9 Å². The summed E-state index contributed by atoms with van der Waals surface area (Å²) < 4.78 is 23.9. The van der Waals surface area contributed by atoms with Crippen molar-refractivity contribution in [2.45, 2.75) is 13.5 Å². The normalized spacial score (nSPS) is 11.7. The second-order valence-corrected chi connectivity index (χ2v) is 6.94. The number of aromatic nitrogens is 2. The summed E-state index contributed by atoms with van der Waals surface area (Å²) in [5, 5.41) is 13.4. The Bertz CT molecular complexity index is 854. The molecule has 0 atom stereocenters. The number of aromatic carboxylic acids is 1. The van der Waals surface area contributed by atoms with Crippen molar-refractivity contribution in [3.63, 3.8) is 0 Å². The molecule has 1 aromatic heterocycles. The van der Waals surface area contributed by atoms with Crippen LogP contribution in [0.3, 0.4) is 0 Å². The summed E-state index contributed by atoms with van der Waals surface area (Å²) in [6.45, 7) is 1.34. The van der Waals surface area contributed by atoms with Gasteiger partial charge in [-0.3, -0.25) is 4.79 Å². The van der Waals surface area contributed by atoms with Crippen molar-refractivity contribution in [3.05, 3.63) is 40.3 Å². The Hall–Kier alpha value is -2.22. The van der Waals surface area contributed by atoms with Crippen LogP contribution in [0.1, 0.15) is 17.4 Å². The topological polar surface area (TPSA) is 106 Å². The fourth-order valence-corrected chi connectivity index (χ4v) is 2.65. The second-order valence-electron chi connectivity index (χ2n) is 4.46. The molecule has 0 fully saturated rings. The van der Waals surface area contributed by atoms with Crippen molar-refractivity contribution in [2.24, 2.45) is 0 Å². The standard InChI is InChI=1S/C13H14N2O5S/c1-2-21(19,20)8-7-15-12(16)10-6-4-3-5-9(10)11(14-15)13(17)18/h3-6H,2,7-8H2,1H3,(H,17,18). The van der Waals surface area contributed by atoms with Gasteiger partial charge in [-0.2, -0.15) is 5.10 Å². The summed E-state index contributed by atoms with van der Waals surface area (Å²) in [7, 11) is -3.27. The Morgan fingerprint density at radius 2 is 1.90 bits per heavy atom. The minimum absolute atomic E-state index is 0.0406. The van der Waals surface area contributed by atoms with Crippen LogP contribution < -0.4 is 5.56 Å². The molecule has 0 saturated heterocycles. The molecule has 0 bridgehead atoms. The van der Waals surface area contributed by atoms with Gasteiger partial charge in [0.2, 0.25) is 0 Å². The van der Waals surface area contributed by atoms with E-state index in [4.69, 9.17) is 0 Å². The van der Waals surface area contributed by atoms with Crippen LogP contribution in [0.5, 0.6) is 0 Å². The molecule has 0 unspecified atom stereocenters. The van der Waals surface area contributed by atoms with Crippen LogP contribution in [-0.4, -0.2) is 40.8 Å². The molecule has 0 amide bonds. The number of sulfone groups is 1. The van der Waals surface area contributed by atoms with Gasteiger partial charge < -0.3 is 5.11 Å². The zero-order valence-corrected chi connectivity index (χ0v) is 12.1. The SMILES string of the molecule is CCS(=O)(=O)CCn1nc(C(=O)O)c2ccccc2c1=O. The molecule has 2 rings (SSSR count). The molecule has 0 radical (unpaired) electrons. The molecule has 21 heavy (non-hydrogen) atoms. The third-order valence-corrected chi connectivity index (χ3v) is 4.81. The Kier molecular flexibility index (Phi) is 4.08. The third kappa shape index (κ3) is 3.10. The summed E-state index contributed by atoms with van der Waals surface area (Å²) in [6, 6.07) is 6.22. The predicted octanol–water partition coefficient (Wildman–Crippen LogP) is 0.529. The molecule has 0 aliphatic heterocycles. The van der Waals surface area contributed by atoms with Gasteiger partial charge >= 0.3 is 5.97 Å². The largest absolute Gasteiger partial charge is 0.476 e. The number of fused-ring (bicyclic) bond motifs is 1. The van der Waals surface area contributed by atoms with E-state index in [1.165, 1.54) is 19.1 Å². The first-order valence-corrected chi connectivity index (χ1v) is 8.11. The lowest BCUT2D eigenvalue weighted by molar-refractivity contribution is 0.0690. The number of carbonyl (C=O) groups is 1. The summed E-state index contributed by atoms with van der Waals surface area (Å²) in [5.41, 5.74) is -0.763. The quantitative estimate of drug-likeness (QED) is 0.863. The van der Waals surface area contributed by atoms with E-state index in [2.05, 4.69) is 5.10 Å². The number of rotatable bonds is 5. The Morgan fingerprint density at radius 1 is 1.29 bits per heavy atom. The minimum Gasteiger partial charge on any atom is -0.476 e. The molecule has 7 nitrogen and oxygen atoms in total. The molecule has 112 valence electrons. The molecule has 0 saturated carbocycles. The van der Waals surface area contributed by atoms with Crippen LogP contribution in [0.15, 0.2) is 29.1 Å². The van der Waals surface area contributed by atoms with Crippen molar-refractivity contribution in [2.75, 3.05) is 11.5 Å². The second kappa shape index (κ2) is 5.65. The Balaban J connectivity index is 2.58. The monoisotopic (exact) mass is 310 g/mol. The first kappa shape index (κ1) is 15.2. The van der Waals surface area contributed by atoms with Crippen molar-refractivity contribution >= 4 is 26.6 Å². The summed E-state index contributed by atoms with van der Waals surface area (Å²) in [5.74, 6) is -1.56. The van der Waals surface area contributed by atoms with E-state index in [1.54, 1.807) is 12.1 Å². The number of aryl methyl sites for hydroxylation is 1. The van der Waals surface area contributed by atoms with Gasteiger partial charge in [-0.1, -0.05) is 25.1 Å². The van der Waals surface area contributed by atoms with Crippen LogP contribution in [0.4, 0.5) is 0 Å². The number of hydrogen-bond donors (Lipinski definition) is 1. The number of nitrogens with zero attached hydrogens (tertiary/aromatic N) is 2. The Labute approximate surface area is 120 Å². The van der Waals surface area contributed by atoms with E-state index in [-0.39, 0.29) is 34.5 Å². The van der Waals surface area contributed by atoms with Gasteiger partial charge in [0.25, 0.3) is 5.56 Å². The average molecular weight is 310 g/mol. The van der Waals surface area contributed by atoms with Gasteiger partial charge in [-0.05, 0) is 6.07 Å². The maximum atomic E-state index is 12.2. The Morgan fingerprint density at radius 3 is 2.48 bits per heavy atom. The van der Waals surface area contributed by atoms with Crippen LogP contribution >= 0.6 is 0 Å². The third-order valence-electron chi connectivity index (χ3n) is 3.12. The van der Waals surface area contributed by atoms with Crippen LogP contribution in [-0.2, 0) is 16.4 Å². The molecule has 0 aliphatic rings. The fraction of sp³-hybridized carbons (Fsp3) is 0.308. The average Bonchev–Trinajstić information content (AvgIpc) is 2.46. The summed E-state index contributed by atoms with van der Waals surface area (Å²) in [4.78, 5) is 23.5. The highest BCUT2D eigenvalue weighted by Gasteiger charge is 2.16. The van der Waals surface area contributed by atoms with E-state index < -0.39 is 21.4 Å². The lowest BCUT2D eigenvalue weighted by Gasteiger charge is -2.08. The molecule has 0 spiro atoms. The lowest BCUT2D eigenvalue weighted by atomic mass is 10.1. The molecular formula is C13H14N2O5S. The van der Waals surface area contributed by atoms with Crippen molar-refractivity contribution < 1.29 is 18.3 Å². The fourth-order valence-electron chi connectivity index (χ4n) is 1.91. The maximum Gasteiger partial charge on any atom is 0.357 e. The molecule has 8 heteroatoms. The minimum atomic E-state index is -3.27. The smallest absolute Gasteiger partial charge is 0.357 e. The highest BCUT2D eigenvalue weighted by atomic mass is 32.2. The molecule has 1 heterocycles. The van der Waals surface area contributed by atoms with Crippen LogP contribution in [0.25, 0.3) is 10.8 Å². The summed E-state index contributed by atoms with van der Waals surface area (Å²) >= 11 is 0. The van der Waals surface area contributed by atoms with Crippen LogP contribution in [0, 0.1) is 0 Å². The van der Waals surface area contributed by atoms with Gasteiger partial charge in [0, 0.05) is 11.1 Å². The van der Waals surface area contributed by atoms with Gasteiger partial charge in [-0.15, -0.1) is 0 Å². The summed E-state index contributed by atoms with van der Waals surface area (Å²) in [6.07, 6.45) is 0. The first-order valence-electron chi connectivity index (χ1n) is 6.29. The van der Waals surface area contributed by atoms with E-state index >= 15 is 0 Å². The number of hydrogen-bond acceptors (Lipinski definition) is 5. The van der Waals surface area contributed by atoms with Gasteiger partial charge in [0.15, 0.2) is 15.5 Å². The number of benzene rings is 1. The molecule has 2 aromatic rings. The van der Waals surface area contributed by atoms with Gasteiger partial charge in [0.05, 0.1) is 17.7 Å². The zero-order valence-electron chi connectivity index (χ0n) is 11.3. The highest BCUT2D eigenvalue weighted by Crippen LogP contribution is 2.13. The highest BCUT2D eigenvalue weighted by molar-refractivity contribution is 7.91. The number of carboxylic acids is 1.